The number of halogens is 1. The summed E-state index contributed by atoms with van der Waals surface area (Å²) < 4.78 is 0. The fourth-order valence-electron chi connectivity index (χ4n) is 4.18. The van der Waals surface area contributed by atoms with Crippen LogP contribution >= 0.6 is 11.6 Å². The standard InChI is InChI=1S/C13H10ClN3.C13H11N3/c1-7-6-10(14)17-12-11(7)8-4-2-3-5-9(8)16-13(12)15;1-8-6-7-15-12-11(8)9-4-2-3-5-10(9)16-13(12)14/h2-6H,1H3,(H2,15,16);2-7H,1H3,(H2,14,16). The Balaban J connectivity index is 0.000000139. The lowest BCUT2D eigenvalue weighted by Crippen LogP contribution is -1.97. The molecule has 7 heteroatoms. The van der Waals surface area contributed by atoms with Crippen molar-refractivity contribution in [3.8, 4) is 0 Å². The van der Waals surface area contributed by atoms with Crippen LogP contribution in [0.1, 0.15) is 11.1 Å². The van der Waals surface area contributed by atoms with Crippen molar-refractivity contribution in [2.24, 2.45) is 0 Å². The molecule has 2 aromatic carbocycles. The SMILES string of the molecule is Cc1cc(Cl)nc2c(N)nc3ccccc3c12.Cc1ccnc2c(N)nc3ccccc3c12. The first kappa shape index (κ1) is 20.8. The zero-order valence-electron chi connectivity index (χ0n) is 18.2. The molecule has 33 heavy (non-hydrogen) atoms. The maximum absolute atomic E-state index is 5.95. The highest BCUT2D eigenvalue weighted by molar-refractivity contribution is 6.30. The van der Waals surface area contributed by atoms with E-state index < -0.39 is 0 Å². The van der Waals surface area contributed by atoms with Gasteiger partial charge in [-0.15, -0.1) is 0 Å². The number of aromatic nitrogens is 4. The molecular formula is C26H21ClN6. The molecule has 6 rings (SSSR count). The second-order valence-corrected chi connectivity index (χ2v) is 8.25. The van der Waals surface area contributed by atoms with Crippen molar-refractivity contribution >= 4 is 66.8 Å². The molecule has 0 amide bonds. The molecule has 0 bridgehead atoms. The minimum Gasteiger partial charge on any atom is -0.382 e. The van der Waals surface area contributed by atoms with Crippen molar-refractivity contribution in [3.63, 3.8) is 0 Å². The van der Waals surface area contributed by atoms with Crippen LogP contribution in [0.4, 0.5) is 11.6 Å². The summed E-state index contributed by atoms with van der Waals surface area (Å²) >= 11 is 5.95. The van der Waals surface area contributed by atoms with Gasteiger partial charge in [0.1, 0.15) is 16.2 Å². The van der Waals surface area contributed by atoms with Gasteiger partial charge in [-0.25, -0.2) is 15.0 Å². The van der Waals surface area contributed by atoms with Crippen LogP contribution in [0.25, 0.3) is 43.6 Å². The van der Waals surface area contributed by atoms with E-state index in [1.807, 2.05) is 61.5 Å². The molecule has 4 aromatic heterocycles. The summed E-state index contributed by atoms with van der Waals surface area (Å²) in [5.74, 6) is 0.918. The number of fused-ring (bicyclic) bond motifs is 6. The number of aryl methyl sites for hydroxylation is 2. The van der Waals surface area contributed by atoms with Gasteiger partial charge in [0.05, 0.1) is 11.0 Å². The molecule has 4 N–H and O–H groups in total. The lowest BCUT2D eigenvalue weighted by Gasteiger charge is -2.08. The number of nitrogens with zero attached hydrogens (tertiary/aromatic N) is 4. The minimum absolute atomic E-state index is 0.421. The molecule has 0 fully saturated rings. The van der Waals surface area contributed by atoms with Crippen molar-refractivity contribution in [1.29, 1.82) is 0 Å². The lowest BCUT2D eigenvalue weighted by atomic mass is 10.1. The number of hydrogen-bond donors (Lipinski definition) is 2. The number of nitrogen functional groups attached to an aromatic ring is 2. The molecule has 162 valence electrons. The third-order valence-corrected chi connectivity index (χ3v) is 5.85. The van der Waals surface area contributed by atoms with E-state index in [0.717, 1.165) is 43.7 Å². The van der Waals surface area contributed by atoms with Crippen molar-refractivity contribution in [1.82, 2.24) is 19.9 Å². The number of anilines is 2. The molecule has 0 unspecified atom stereocenters. The van der Waals surface area contributed by atoms with E-state index in [0.29, 0.717) is 22.3 Å². The van der Waals surface area contributed by atoms with Crippen LogP contribution in [-0.2, 0) is 0 Å². The van der Waals surface area contributed by atoms with Crippen LogP contribution in [0.15, 0.2) is 66.9 Å². The van der Waals surface area contributed by atoms with Crippen LogP contribution in [0.2, 0.25) is 5.15 Å². The number of para-hydroxylation sites is 2. The molecule has 0 saturated carbocycles. The summed E-state index contributed by atoms with van der Waals surface area (Å²) in [5, 5.41) is 4.73. The molecule has 6 nitrogen and oxygen atoms in total. The van der Waals surface area contributed by atoms with Gasteiger partial charge < -0.3 is 11.5 Å². The van der Waals surface area contributed by atoms with Gasteiger partial charge in [-0.05, 0) is 49.2 Å². The molecule has 0 aliphatic heterocycles. The minimum atomic E-state index is 0.421. The Bertz CT molecular complexity index is 1680. The first-order valence-corrected chi connectivity index (χ1v) is 10.8. The average molecular weight is 453 g/mol. The monoisotopic (exact) mass is 452 g/mol. The van der Waals surface area contributed by atoms with Crippen LogP contribution < -0.4 is 11.5 Å². The van der Waals surface area contributed by atoms with E-state index in [-0.39, 0.29) is 0 Å². The van der Waals surface area contributed by atoms with Crippen molar-refractivity contribution in [2.75, 3.05) is 11.5 Å². The summed E-state index contributed by atoms with van der Waals surface area (Å²) in [6.07, 6.45) is 1.77. The van der Waals surface area contributed by atoms with E-state index in [4.69, 9.17) is 23.1 Å². The van der Waals surface area contributed by atoms with E-state index in [1.54, 1.807) is 6.20 Å². The maximum Gasteiger partial charge on any atom is 0.150 e. The van der Waals surface area contributed by atoms with Gasteiger partial charge in [0, 0.05) is 27.7 Å². The summed E-state index contributed by atoms with van der Waals surface area (Å²) in [5.41, 5.74) is 17.3. The molecule has 6 aromatic rings. The van der Waals surface area contributed by atoms with E-state index in [2.05, 4.69) is 32.9 Å². The summed E-state index contributed by atoms with van der Waals surface area (Å²) in [6, 6.07) is 19.7. The van der Waals surface area contributed by atoms with E-state index in [1.165, 1.54) is 5.56 Å². The Morgan fingerprint density at radius 2 is 1.21 bits per heavy atom. The van der Waals surface area contributed by atoms with Crippen molar-refractivity contribution in [2.45, 2.75) is 13.8 Å². The Labute approximate surface area is 195 Å². The van der Waals surface area contributed by atoms with Crippen LogP contribution in [0.5, 0.6) is 0 Å². The number of hydrogen-bond acceptors (Lipinski definition) is 6. The molecule has 0 saturated heterocycles. The Kier molecular flexibility index (Phi) is 5.15. The van der Waals surface area contributed by atoms with Crippen LogP contribution in [0, 0.1) is 13.8 Å². The third-order valence-electron chi connectivity index (χ3n) is 5.66. The van der Waals surface area contributed by atoms with Gasteiger partial charge in [0.15, 0.2) is 11.6 Å². The number of rotatable bonds is 0. The fourth-order valence-corrected chi connectivity index (χ4v) is 4.43. The second kappa shape index (κ2) is 8.15. The Hall–Kier alpha value is -4.03. The quantitative estimate of drug-likeness (QED) is 0.216. The summed E-state index contributed by atoms with van der Waals surface area (Å²) in [7, 11) is 0. The molecule has 0 spiro atoms. The summed E-state index contributed by atoms with van der Waals surface area (Å²) in [4.78, 5) is 17.3. The third kappa shape index (κ3) is 3.64. The molecular weight excluding hydrogens is 432 g/mol. The van der Waals surface area contributed by atoms with Gasteiger partial charge in [0.25, 0.3) is 0 Å². The largest absolute Gasteiger partial charge is 0.382 e. The first-order chi connectivity index (χ1) is 15.9. The smallest absolute Gasteiger partial charge is 0.150 e. The molecule has 0 aliphatic carbocycles. The topological polar surface area (TPSA) is 104 Å². The average Bonchev–Trinajstić information content (AvgIpc) is 2.80. The molecule has 0 radical (unpaired) electrons. The zero-order chi connectivity index (χ0) is 23.1. The van der Waals surface area contributed by atoms with Crippen molar-refractivity contribution < 1.29 is 0 Å². The van der Waals surface area contributed by atoms with Gasteiger partial charge in [-0.2, -0.15) is 0 Å². The van der Waals surface area contributed by atoms with Crippen molar-refractivity contribution in [3.05, 3.63) is 83.1 Å². The Morgan fingerprint density at radius 1 is 0.667 bits per heavy atom. The summed E-state index contributed by atoms with van der Waals surface area (Å²) in [6.45, 7) is 4.07. The Morgan fingerprint density at radius 3 is 1.85 bits per heavy atom. The highest BCUT2D eigenvalue weighted by Gasteiger charge is 2.10. The van der Waals surface area contributed by atoms with Gasteiger partial charge in [-0.3, -0.25) is 4.98 Å². The maximum atomic E-state index is 5.95. The fraction of sp³-hybridized carbons (Fsp3) is 0.0769. The predicted octanol–water partition coefficient (Wildman–Crippen LogP) is 6.00. The van der Waals surface area contributed by atoms with Crippen LogP contribution in [0.3, 0.4) is 0 Å². The highest BCUT2D eigenvalue weighted by atomic mass is 35.5. The van der Waals surface area contributed by atoms with E-state index in [9.17, 15) is 0 Å². The molecule has 4 heterocycles. The normalized spacial score (nSPS) is 11.1. The molecule has 0 atom stereocenters. The van der Waals surface area contributed by atoms with E-state index >= 15 is 0 Å². The first-order valence-electron chi connectivity index (χ1n) is 10.4. The molecule has 0 aliphatic rings. The number of nitrogens with two attached hydrogens (primary N) is 2. The lowest BCUT2D eigenvalue weighted by molar-refractivity contribution is 1.34. The second-order valence-electron chi connectivity index (χ2n) is 7.87. The van der Waals surface area contributed by atoms with Gasteiger partial charge >= 0.3 is 0 Å². The van der Waals surface area contributed by atoms with Gasteiger partial charge in [0.2, 0.25) is 0 Å². The predicted molar refractivity (Wildman–Crippen MR) is 137 cm³/mol. The van der Waals surface area contributed by atoms with Gasteiger partial charge in [-0.1, -0.05) is 48.0 Å². The number of pyridine rings is 4. The number of benzene rings is 2. The van der Waals surface area contributed by atoms with Crippen LogP contribution in [-0.4, -0.2) is 19.9 Å². The zero-order valence-corrected chi connectivity index (χ0v) is 18.9. The highest BCUT2D eigenvalue weighted by Crippen LogP contribution is 2.30.